The lowest BCUT2D eigenvalue weighted by Crippen LogP contribution is -2.38. The lowest BCUT2D eigenvalue weighted by Gasteiger charge is -2.16. The first-order valence-electron chi connectivity index (χ1n) is 8.79. The van der Waals surface area contributed by atoms with E-state index in [-0.39, 0.29) is 18.9 Å². The topological polar surface area (TPSA) is 78.5 Å². The van der Waals surface area contributed by atoms with Gasteiger partial charge in [0.25, 0.3) is 5.91 Å². The Morgan fingerprint density at radius 3 is 2.45 bits per heavy atom. The van der Waals surface area contributed by atoms with Crippen molar-refractivity contribution in [3.63, 3.8) is 0 Å². The number of halogens is 3. The smallest absolute Gasteiger partial charge is 0.326 e. The molecule has 0 radical (unpaired) electrons. The third kappa shape index (κ3) is 4.80. The van der Waals surface area contributed by atoms with Gasteiger partial charge < -0.3 is 10.6 Å². The van der Waals surface area contributed by atoms with E-state index in [9.17, 15) is 27.6 Å². The van der Waals surface area contributed by atoms with Gasteiger partial charge in [0, 0.05) is 19.2 Å². The summed E-state index contributed by atoms with van der Waals surface area (Å²) in [6.07, 6.45) is -4.54. The minimum Gasteiger partial charge on any atom is -0.326 e. The lowest BCUT2D eigenvalue weighted by atomic mass is 10.1. The molecule has 0 bridgehead atoms. The number of nitrogens with zero attached hydrogens (tertiary/aromatic N) is 1. The second-order valence-corrected chi connectivity index (χ2v) is 6.63. The number of anilines is 2. The van der Waals surface area contributed by atoms with Gasteiger partial charge in [0.1, 0.15) is 0 Å². The Balaban J connectivity index is 1.67. The van der Waals surface area contributed by atoms with Crippen LogP contribution in [0.25, 0.3) is 0 Å². The highest BCUT2D eigenvalue weighted by Crippen LogP contribution is 2.30. The van der Waals surface area contributed by atoms with Crippen molar-refractivity contribution in [2.75, 3.05) is 10.2 Å². The van der Waals surface area contributed by atoms with E-state index in [1.165, 1.54) is 31.2 Å². The maximum atomic E-state index is 12.8. The number of amides is 3. The molecule has 0 aromatic heterocycles. The van der Waals surface area contributed by atoms with E-state index in [0.29, 0.717) is 16.9 Å². The first kappa shape index (κ1) is 20.5. The minimum absolute atomic E-state index is 0.0168. The molecular formula is C20H18F3N3O3. The van der Waals surface area contributed by atoms with Crippen LogP contribution in [0.5, 0.6) is 0 Å². The summed E-state index contributed by atoms with van der Waals surface area (Å²) in [5, 5.41) is 5.45. The third-order valence-corrected chi connectivity index (χ3v) is 4.40. The predicted octanol–water partition coefficient (Wildman–Crippen LogP) is 3.09. The maximum Gasteiger partial charge on any atom is 0.416 e. The van der Waals surface area contributed by atoms with Crippen LogP contribution in [0.2, 0.25) is 0 Å². The molecule has 2 N–H and O–H groups in total. The summed E-state index contributed by atoms with van der Waals surface area (Å²) in [6, 6.07) is 10.2. The Morgan fingerprint density at radius 2 is 1.83 bits per heavy atom. The summed E-state index contributed by atoms with van der Waals surface area (Å²) >= 11 is 0. The number of rotatable bonds is 5. The summed E-state index contributed by atoms with van der Waals surface area (Å²) in [6.45, 7) is 1.38. The highest BCUT2D eigenvalue weighted by atomic mass is 19.4. The minimum atomic E-state index is -4.45. The molecule has 1 aliphatic rings. The average Bonchev–Trinajstić information content (AvgIpc) is 2.93. The van der Waals surface area contributed by atoms with Crippen molar-refractivity contribution in [3.8, 4) is 0 Å². The van der Waals surface area contributed by atoms with Gasteiger partial charge in [-0.05, 0) is 35.9 Å². The van der Waals surface area contributed by atoms with E-state index < -0.39 is 29.6 Å². The summed E-state index contributed by atoms with van der Waals surface area (Å²) in [7, 11) is 0. The maximum absolute atomic E-state index is 12.8. The molecular weight excluding hydrogens is 387 g/mol. The van der Waals surface area contributed by atoms with Crippen molar-refractivity contribution in [1.82, 2.24) is 5.32 Å². The Morgan fingerprint density at radius 1 is 1.14 bits per heavy atom. The number of nitrogens with one attached hydrogen (secondary N) is 2. The molecule has 1 aliphatic heterocycles. The van der Waals surface area contributed by atoms with Crippen molar-refractivity contribution < 1.29 is 27.6 Å². The van der Waals surface area contributed by atoms with Crippen LogP contribution in [0.15, 0.2) is 48.5 Å². The molecule has 0 unspecified atom stereocenters. The molecule has 2 aromatic rings. The zero-order chi connectivity index (χ0) is 21.2. The van der Waals surface area contributed by atoms with Crippen LogP contribution in [0.3, 0.4) is 0 Å². The Hall–Kier alpha value is -3.20. The first-order valence-corrected chi connectivity index (χ1v) is 8.79. The molecule has 1 fully saturated rings. The summed E-state index contributed by atoms with van der Waals surface area (Å²) in [4.78, 5) is 37.0. The second kappa shape index (κ2) is 8.04. The third-order valence-electron chi connectivity index (χ3n) is 4.40. The number of alkyl halides is 3. The highest BCUT2D eigenvalue weighted by molar-refractivity contribution is 6.22. The zero-order valence-corrected chi connectivity index (χ0v) is 15.4. The number of benzene rings is 2. The van der Waals surface area contributed by atoms with Crippen LogP contribution >= 0.6 is 0 Å². The summed E-state index contributed by atoms with van der Waals surface area (Å²) in [5.74, 6) is -1.14. The standard InChI is InChI=1S/C20H18F3N3O3/c1-12(27)25-15-5-7-16(8-6-15)26-18(28)10-17(19(26)29)24-11-13-3-2-4-14(9-13)20(21,22)23/h2-9,17,24H,10-11H2,1H3,(H,25,27)/t17-/m1/s1. The molecule has 29 heavy (non-hydrogen) atoms. The molecule has 9 heteroatoms. The van der Waals surface area contributed by atoms with Gasteiger partial charge in [-0.25, -0.2) is 4.90 Å². The van der Waals surface area contributed by atoms with Crippen molar-refractivity contribution in [3.05, 3.63) is 59.7 Å². The molecule has 2 aromatic carbocycles. The van der Waals surface area contributed by atoms with Crippen LogP contribution in [-0.2, 0) is 27.1 Å². The fourth-order valence-electron chi connectivity index (χ4n) is 3.06. The van der Waals surface area contributed by atoms with E-state index in [1.807, 2.05) is 0 Å². The molecule has 0 saturated carbocycles. The molecule has 3 amide bonds. The molecule has 0 spiro atoms. The number of carbonyl (C=O) groups is 3. The van der Waals surface area contributed by atoms with E-state index in [0.717, 1.165) is 17.0 Å². The zero-order valence-electron chi connectivity index (χ0n) is 15.4. The normalized spacial score (nSPS) is 17.0. The van der Waals surface area contributed by atoms with Crippen LogP contribution in [0.1, 0.15) is 24.5 Å². The van der Waals surface area contributed by atoms with Gasteiger partial charge in [-0.15, -0.1) is 0 Å². The molecule has 6 nitrogen and oxygen atoms in total. The lowest BCUT2D eigenvalue weighted by molar-refractivity contribution is -0.137. The van der Waals surface area contributed by atoms with Crippen molar-refractivity contribution in [2.45, 2.75) is 32.1 Å². The van der Waals surface area contributed by atoms with Gasteiger partial charge in [-0.1, -0.05) is 18.2 Å². The van der Waals surface area contributed by atoms with Gasteiger partial charge in [0.05, 0.1) is 23.7 Å². The first-order chi connectivity index (χ1) is 13.6. The van der Waals surface area contributed by atoms with Crippen LogP contribution in [0, 0.1) is 0 Å². The number of carbonyl (C=O) groups excluding carboxylic acids is 3. The summed E-state index contributed by atoms with van der Waals surface area (Å²) in [5.41, 5.74) is 0.474. The van der Waals surface area contributed by atoms with Gasteiger partial charge >= 0.3 is 6.18 Å². The van der Waals surface area contributed by atoms with Crippen molar-refractivity contribution >= 4 is 29.1 Å². The molecule has 1 atom stereocenters. The molecule has 1 heterocycles. The van der Waals surface area contributed by atoms with Crippen molar-refractivity contribution in [1.29, 1.82) is 0 Å². The van der Waals surface area contributed by atoms with Gasteiger partial charge in [0.2, 0.25) is 11.8 Å². The Kier molecular flexibility index (Phi) is 5.69. The van der Waals surface area contributed by atoms with E-state index >= 15 is 0 Å². The SMILES string of the molecule is CC(=O)Nc1ccc(N2C(=O)C[C@@H](NCc3cccc(C(F)(F)F)c3)C2=O)cc1. The van der Waals surface area contributed by atoms with E-state index in [1.54, 1.807) is 12.1 Å². The monoisotopic (exact) mass is 405 g/mol. The molecule has 152 valence electrons. The van der Waals surface area contributed by atoms with Crippen molar-refractivity contribution in [2.24, 2.45) is 0 Å². The summed E-state index contributed by atoms with van der Waals surface area (Å²) < 4.78 is 38.4. The Bertz CT molecular complexity index is 942. The second-order valence-electron chi connectivity index (χ2n) is 6.63. The largest absolute Gasteiger partial charge is 0.416 e. The van der Waals surface area contributed by atoms with Gasteiger partial charge in [-0.3, -0.25) is 14.4 Å². The van der Waals surface area contributed by atoms with Crippen LogP contribution in [-0.4, -0.2) is 23.8 Å². The average molecular weight is 405 g/mol. The van der Waals surface area contributed by atoms with Crippen LogP contribution in [0.4, 0.5) is 24.5 Å². The van der Waals surface area contributed by atoms with Gasteiger partial charge in [0.15, 0.2) is 0 Å². The number of hydrogen-bond donors (Lipinski definition) is 2. The molecule has 1 saturated heterocycles. The fraction of sp³-hybridized carbons (Fsp3) is 0.250. The number of imide groups is 1. The van der Waals surface area contributed by atoms with E-state index in [4.69, 9.17) is 0 Å². The number of hydrogen-bond acceptors (Lipinski definition) is 4. The highest BCUT2D eigenvalue weighted by Gasteiger charge is 2.39. The van der Waals surface area contributed by atoms with Crippen LogP contribution < -0.4 is 15.5 Å². The molecule has 0 aliphatic carbocycles. The quantitative estimate of drug-likeness (QED) is 0.750. The Labute approximate surface area is 164 Å². The molecule has 3 rings (SSSR count). The van der Waals surface area contributed by atoms with Gasteiger partial charge in [-0.2, -0.15) is 13.2 Å². The fourth-order valence-corrected chi connectivity index (χ4v) is 3.06. The van der Waals surface area contributed by atoms with E-state index in [2.05, 4.69) is 10.6 Å². The predicted molar refractivity (Wildman–Crippen MR) is 99.9 cm³/mol.